The number of hydrogen-bond donors (Lipinski definition) is 0. The van der Waals surface area contributed by atoms with Gasteiger partial charge in [0.05, 0.1) is 18.7 Å². The van der Waals surface area contributed by atoms with Crippen molar-refractivity contribution in [3.8, 4) is 5.88 Å². The van der Waals surface area contributed by atoms with Crippen LogP contribution in [0.1, 0.15) is 5.69 Å². The van der Waals surface area contributed by atoms with Crippen molar-refractivity contribution in [3.05, 3.63) is 11.8 Å². The maximum absolute atomic E-state index is 5.54. The maximum Gasteiger partial charge on any atom is 0.211 e. The number of alkyl halides is 1. The van der Waals surface area contributed by atoms with Crippen LogP contribution in [-0.2, 0) is 12.9 Å². The van der Waals surface area contributed by atoms with E-state index in [9.17, 15) is 0 Å². The summed E-state index contributed by atoms with van der Waals surface area (Å²) in [7, 11) is 3.42. The van der Waals surface area contributed by atoms with E-state index in [1.54, 1.807) is 11.8 Å². The molecule has 1 rings (SSSR count). The number of aromatic nitrogens is 2. The molecule has 0 saturated carbocycles. The SMILES string of the molecule is COc1cc(CCl)nn1C. The fourth-order valence-corrected chi connectivity index (χ4v) is 0.894. The lowest BCUT2D eigenvalue weighted by atomic mass is 10.5. The number of methoxy groups -OCH3 is 1. The molecule has 10 heavy (non-hydrogen) atoms. The molecule has 3 nitrogen and oxygen atoms in total. The second kappa shape index (κ2) is 2.92. The van der Waals surface area contributed by atoms with Crippen LogP contribution in [0.2, 0.25) is 0 Å². The Morgan fingerprint density at radius 2 is 2.50 bits per heavy atom. The lowest BCUT2D eigenvalue weighted by Gasteiger charge is -1.95. The quantitative estimate of drug-likeness (QED) is 0.608. The summed E-state index contributed by atoms with van der Waals surface area (Å²) in [5.74, 6) is 1.16. The molecule has 1 aromatic heterocycles. The maximum atomic E-state index is 5.54. The highest BCUT2D eigenvalue weighted by atomic mass is 35.5. The summed E-state index contributed by atoms with van der Waals surface area (Å²) in [5.41, 5.74) is 0.834. The first-order valence-electron chi connectivity index (χ1n) is 2.90. The first-order valence-corrected chi connectivity index (χ1v) is 3.44. The predicted octanol–water partition coefficient (Wildman–Crippen LogP) is 1.17. The second-order valence-corrected chi connectivity index (χ2v) is 2.20. The summed E-state index contributed by atoms with van der Waals surface area (Å²) in [6, 6.07) is 1.81. The van der Waals surface area contributed by atoms with Crippen LogP contribution in [0.25, 0.3) is 0 Å². The van der Waals surface area contributed by atoms with Gasteiger partial charge in [0.15, 0.2) is 0 Å². The molecule has 0 aliphatic heterocycles. The van der Waals surface area contributed by atoms with Crippen LogP contribution in [0.5, 0.6) is 5.88 Å². The molecule has 0 radical (unpaired) electrons. The van der Waals surface area contributed by atoms with Crippen molar-refractivity contribution < 1.29 is 4.74 Å². The highest BCUT2D eigenvalue weighted by Gasteiger charge is 2.01. The topological polar surface area (TPSA) is 27.1 Å². The van der Waals surface area contributed by atoms with Gasteiger partial charge in [-0.1, -0.05) is 0 Å². The summed E-state index contributed by atoms with van der Waals surface area (Å²) >= 11 is 5.54. The molecular formula is C6H9ClN2O. The first-order chi connectivity index (χ1) is 4.77. The zero-order valence-electron chi connectivity index (χ0n) is 5.97. The van der Waals surface area contributed by atoms with E-state index in [0.29, 0.717) is 5.88 Å². The minimum absolute atomic E-state index is 0.428. The Balaban J connectivity index is 2.92. The molecule has 0 spiro atoms. The molecule has 1 aromatic rings. The van der Waals surface area contributed by atoms with Gasteiger partial charge in [-0.05, 0) is 0 Å². The fourth-order valence-electron chi connectivity index (χ4n) is 0.763. The Morgan fingerprint density at radius 1 is 1.80 bits per heavy atom. The van der Waals surface area contributed by atoms with Gasteiger partial charge in [-0.3, -0.25) is 0 Å². The predicted molar refractivity (Wildman–Crippen MR) is 39.3 cm³/mol. The zero-order chi connectivity index (χ0) is 7.56. The molecule has 0 unspecified atom stereocenters. The summed E-state index contributed by atoms with van der Waals surface area (Å²) in [5, 5.41) is 4.06. The molecule has 0 aromatic carbocycles. The largest absolute Gasteiger partial charge is 0.481 e. The average molecular weight is 161 g/mol. The summed E-state index contributed by atoms with van der Waals surface area (Å²) in [6.45, 7) is 0. The Bertz CT molecular complexity index is 222. The van der Waals surface area contributed by atoms with Gasteiger partial charge >= 0.3 is 0 Å². The molecule has 0 bridgehead atoms. The lowest BCUT2D eigenvalue weighted by molar-refractivity contribution is 0.373. The third-order valence-electron chi connectivity index (χ3n) is 1.23. The molecule has 1 heterocycles. The summed E-state index contributed by atoms with van der Waals surface area (Å²) in [4.78, 5) is 0. The summed E-state index contributed by atoms with van der Waals surface area (Å²) in [6.07, 6.45) is 0. The van der Waals surface area contributed by atoms with Gasteiger partial charge in [0, 0.05) is 13.1 Å². The third kappa shape index (κ3) is 1.24. The molecule has 0 saturated heterocycles. The molecule has 0 fully saturated rings. The number of hydrogen-bond acceptors (Lipinski definition) is 2. The van der Waals surface area contributed by atoms with Crippen molar-refractivity contribution in [1.82, 2.24) is 9.78 Å². The highest BCUT2D eigenvalue weighted by Crippen LogP contribution is 2.11. The molecule has 0 atom stereocenters. The van der Waals surface area contributed by atoms with Crippen LogP contribution in [0, 0.1) is 0 Å². The van der Waals surface area contributed by atoms with Crippen molar-refractivity contribution in [2.75, 3.05) is 7.11 Å². The van der Waals surface area contributed by atoms with Crippen LogP contribution in [0.15, 0.2) is 6.07 Å². The van der Waals surface area contributed by atoms with Crippen LogP contribution in [-0.4, -0.2) is 16.9 Å². The van der Waals surface area contributed by atoms with Gasteiger partial charge in [-0.2, -0.15) is 5.10 Å². The standard InChI is InChI=1S/C6H9ClN2O/c1-9-6(10-2)3-5(4-7)8-9/h3H,4H2,1-2H3. The van der Waals surface area contributed by atoms with E-state index in [1.807, 2.05) is 13.1 Å². The lowest BCUT2D eigenvalue weighted by Crippen LogP contribution is -1.94. The Kier molecular flexibility index (Phi) is 2.17. The van der Waals surface area contributed by atoms with Crippen molar-refractivity contribution >= 4 is 11.6 Å². The van der Waals surface area contributed by atoms with E-state index in [2.05, 4.69) is 5.10 Å². The van der Waals surface area contributed by atoms with Crippen LogP contribution in [0.4, 0.5) is 0 Å². The fraction of sp³-hybridized carbons (Fsp3) is 0.500. The molecule has 56 valence electrons. The van der Waals surface area contributed by atoms with Crippen molar-refractivity contribution in [3.63, 3.8) is 0 Å². The van der Waals surface area contributed by atoms with Crippen molar-refractivity contribution in [2.45, 2.75) is 5.88 Å². The monoisotopic (exact) mass is 160 g/mol. The normalized spacial score (nSPS) is 9.90. The number of nitrogens with zero attached hydrogens (tertiary/aromatic N) is 2. The Morgan fingerprint density at radius 3 is 2.80 bits per heavy atom. The van der Waals surface area contributed by atoms with E-state index in [1.165, 1.54) is 0 Å². The first kappa shape index (κ1) is 7.41. The molecular weight excluding hydrogens is 152 g/mol. The Hall–Kier alpha value is -0.700. The number of ether oxygens (including phenoxy) is 1. The minimum Gasteiger partial charge on any atom is -0.481 e. The molecule has 4 heteroatoms. The van der Waals surface area contributed by atoms with Gasteiger partial charge in [0.1, 0.15) is 0 Å². The van der Waals surface area contributed by atoms with Gasteiger partial charge in [-0.15, -0.1) is 11.6 Å². The van der Waals surface area contributed by atoms with E-state index in [0.717, 1.165) is 11.6 Å². The third-order valence-corrected chi connectivity index (χ3v) is 1.51. The molecule has 0 N–H and O–H groups in total. The van der Waals surface area contributed by atoms with Gasteiger partial charge in [0.25, 0.3) is 0 Å². The zero-order valence-corrected chi connectivity index (χ0v) is 6.72. The molecule has 0 amide bonds. The van der Waals surface area contributed by atoms with Gasteiger partial charge in [-0.25, -0.2) is 4.68 Å². The van der Waals surface area contributed by atoms with E-state index < -0.39 is 0 Å². The average Bonchev–Trinajstić information content (AvgIpc) is 2.30. The van der Waals surface area contributed by atoms with Crippen LogP contribution < -0.4 is 4.74 Å². The van der Waals surface area contributed by atoms with Crippen molar-refractivity contribution in [1.29, 1.82) is 0 Å². The van der Waals surface area contributed by atoms with E-state index in [4.69, 9.17) is 16.3 Å². The second-order valence-electron chi connectivity index (χ2n) is 1.94. The smallest absolute Gasteiger partial charge is 0.211 e. The van der Waals surface area contributed by atoms with E-state index >= 15 is 0 Å². The number of rotatable bonds is 2. The van der Waals surface area contributed by atoms with Gasteiger partial charge < -0.3 is 4.74 Å². The summed E-state index contributed by atoms with van der Waals surface area (Å²) < 4.78 is 6.62. The Labute approximate surface area is 64.6 Å². The van der Waals surface area contributed by atoms with Gasteiger partial charge in [0.2, 0.25) is 5.88 Å². The van der Waals surface area contributed by atoms with Crippen LogP contribution in [0.3, 0.4) is 0 Å². The molecule has 0 aliphatic rings. The molecule has 0 aliphatic carbocycles. The highest BCUT2D eigenvalue weighted by molar-refractivity contribution is 6.16. The van der Waals surface area contributed by atoms with Crippen LogP contribution >= 0.6 is 11.6 Å². The van der Waals surface area contributed by atoms with E-state index in [-0.39, 0.29) is 0 Å². The van der Waals surface area contributed by atoms with Crippen molar-refractivity contribution in [2.24, 2.45) is 7.05 Å². The minimum atomic E-state index is 0.428. The number of aryl methyl sites for hydroxylation is 1. The number of halogens is 1.